The number of carbonyl (C=O) groups excluding carboxylic acids is 4. The fourth-order valence-electron chi connectivity index (χ4n) is 2.69. The fraction of sp³-hybridized carbons (Fsp3) is 0.750. The van der Waals surface area contributed by atoms with Gasteiger partial charge in [-0.15, -0.1) is 0 Å². The highest BCUT2D eigenvalue weighted by Gasteiger charge is 2.52. The summed E-state index contributed by atoms with van der Waals surface area (Å²) in [5.74, 6) is -2.66. The van der Waals surface area contributed by atoms with Crippen molar-refractivity contribution in [2.24, 2.45) is 5.41 Å². The highest BCUT2D eigenvalue weighted by molar-refractivity contribution is 8.22. The average Bonchev–Trinajstić information content (AvgIpc) is 2.61. The summed E-state index contributed by atoms with van der Waals surface area (Å²) in [7, 11) is 0. The molecule has 0 unspecified atom stereocenters. The topological polar surface area (TPSA) is 124 Å². The average molecular weight is 495 g/mol. The Bertz CT molecular complexity index is 718. The van der Waals surface area contributed by atoms with Crippen molar-refractivity contribution < 1.29 is 47.6 Å². The maximum Gasteiger partial charge on any atom is 0.303 e. The number of hydrogen-bond acceptors (Lipinski definition) is 12. The Labute approximate surface area is 196 Å². The van der Waals surface area contributed by atoms with Crippen LogP contribution in [0, 0.1) is 5.41 Å². The molecule has 1 rings (SSSR count). The number of hydrogen-bond donors (Lipinski definition) is 0. The molecule has 1 fully saturated rings. The summed E-state index contributed by atoms with van der Waals surface area (Å²) >= 11 is 6.22. The molecule has 0 aromatic rings. The quantitative estimate of drug-likeness (QED) is 0.293. The SMILES string of the molecule is CC(=O)OC[C@H]1O[C@@H](SC(=S)OCC(C)(C)C)[C@H](OC(C)=O)[C@@H](OC(C)=O)[C@@H]1OC(C)=O. The molecule has 182 valence electrons. The molecule has 0 aromatic carbocycles. The van der Waals surface area contributed by atoms with Crippen LogP contribution < -0.4 is 0 Å². The molecule has 0 amide bonds. The van der Waals surface area contributed by atoms with Crippen molar-refractivity contribution in [2.45, 2.75) is 78.3 Å². The van der Waals surface area contributed by atoms with Gasteiger partial charge in [0, 0.05) is 27.7 Å². The Balaban J connectivity index is 3.26. The molecule has 0 aromatic heterocycles. The Morgan fingerprint density at radius 1 is 0.812 bits per heavy atom. The lowest BCUT2D eigenvalue weighted by molar-refractivity contribution is -0.237. The van der Waals surface area contributed by atoms with Gasteiger partial charge in [-0.2, -0.15) is 0 Å². The van der Waals surface area contributed by atoms with Crippen LogP contribution in [-0.4, -0.2) is 71.3 Å². The largest absolute Gasteiger partial charge is 0.478 e. The number of carbonyl (C=O) groups is 4. The molecular weight excluding hydrogens is 464 g/mol. The number of ether oxygens (including phenoxy) is 6. The van der Waals surface area contributed by atoms with Crippen LogP contribution in [0.2, 0.25) is 0 Å². The van der Waals surface area contributed by atoms with Gasteiger partial charge in [0.05, 0.1) is 6.61 Å². The Hall–Kier alpha value is -1.92. The van der Waals surface area contributed by atoms with E-state index in [1.54, 1.807) is 0 Å². The molecule has 1 aliphatic heterocycles. The number of thiocarbonyl (C=S) groups is 1. The molecule has 5 atom stereocenters. The van der Waals surface area contributed by atoms with Crippen LogP contribution in [0.3, 0.4) is 0 Å². The number of rotatable bonds is 7. The minimum atomic E-state index is -1.24. The second kappa shape index (κ2) is 12.4. The zero-order valence-corrected chi connectivity index (χ0v) is 20.8. The van der Waals surface area contributed by atoms with Gasteiger partial charge in [0.2, 0.25) is 4.38 Å². The van der Waals surface area contributed by atoms with Crippen molar-refractivity contribution >= 4 is 52.2 Å². The van der Waals surface area contributed by atoms with E-state index in [-0.39, 0.29) is 16.4 Å². The summed E-state index contributed by atoms with van der Waals surface area (Å²) in [6.07, 6.45) is -4.66. The molecule has 0 N–H and O–H groups in total. The summed E-state index contributed by atoms with van der Waals surface area (Å²) in [4.78, 5) is 46.6. The van der Waals surface area contributed by atoms with Crippen LogP contribution >= 0.6 is 24.0 Å². The molecule has 10 nitrogen and oxygen atoms in total. The first-order valence-electron chi connectivity index (χ1n) is 9.83. The van der Waals surface area contributed by atoms with E-state index in [2.05, 4.69) is 0 Å². The molecule has 1 aliphatic rings. The van der Waals surface area contributed by atoms with E-state index in [1.807, 2.05) is 20.8 Å². The smallest absolute Gasteiger partial charge is 0.303 e. The number of thioether (sulfide) groups is 1. The van der Waals surface area contributed by atoms with Crippen LogP contribution in [0.1, 0.15) is 48.5 Å². The second-order valence-electron chi connectivity index (χ2n) is 8.28. The first kappa shape index (κ1) is 28.1. The van der Waals surface area contributed by atoms with E-state index in [9.17, 15) is 19.2 Å². The molecule has 0 radical (unpaired) electrons. The van der Waals surface area contributed by atoms with E-state index >= 15 is 0 Å². The van der Waals surface area contributed by atoms with Crippen molar-refractivity contribution in [2.75, 3.05) is 13.2 Å². The summed E-state index contributed by atoms with van der Waals surface area (Å²) in [5, 5.41) is 0. The maximum absolute atomic E-state index is 11.8. The van der Waals surface area contributed by atoms with Crippen LogP contribution in [0.25, 0.3) is 0 Å². The zero-order chi connectivity index (χ0) is 24.6. The van der Waals surface area contributed by atoms with Crippen LogP contribution in [-0.2, 0) is 47.6 Å². The lowest BCUT2D eigenvalue weighted by atomic mass is 9.99. The highest BCUT2D eigenvalue weighted by atomic mass is 32.2. The van der Waals surface area contributed by atoms with E-state index in [1.165, 1.54) is 13.8 Å². The summed E-state index contributed by atoms with van der Waals surface area (Å²) in [6, 6.07) is 0. The molecule has 32 heavy (non-hydrogen) atoms. The lowest BCUT2D eigenvalue weighted by Crippen LogP contribution is -2.61. The van der Waals surface area contributed by atoms with Gasteiger partial charge >= 0.3 is 23.9 Å². The number of esters is 4. The van der Waals surface area contributed by atoms with Gasteiger partial charge in [0.15, 0.2) is 23.7 Å². The maximum atomic E-state index is 11.8. The van der Waals surface area contributed by atoms with Crippen LogP contribution in [0.4, 0.5) is 0 Å². The monoisotopic (exact) mass is 494 g/mol. The van der Waals surface area contributed by atoms with Crippen LogP contribution in [0.5, 0.6) is 0 Å². The first-order chi connectivity index (χ1) is 14.7. The van der Waals surface area contributed by atoms with Crippen molar-refractivity contribution in [1.82, 2.24) is 0 Å². The van der Waals surface area contributed by atoms with E-state index in [0.717, 1.165) is 25.6 Å². The molecule has 0 aliphatic carbocycles. The first-order valence-corrected chi connectivity index (χ1v) is 11.1. The molecule has 1 heterocycles. The van der Waals surface area contributed by atoms with Gasteiger partial charge in [0.25, 0.3) is 0 Å². The molecular formula is C20H30O10S2. The van der Waals surface area contributed by atoms with Crippen LogP contribution in [0.15, 0.2) is 0 Å². The fourth-order valence-corrected chi connectivity index (χ4v) is 3.89. The van der Waals surface area contributed by atoms with Crippen molar-refractivity contribution in [3.05, 3.63) is 0 Å². The molecule has 12 heteroatoms. The molecule has 0 saturated carbocycles. The van der Waals surface area contributed by atoms with Gasteiger partial charge in [0.1, 0.15) is 12.7 Å². The van der Waals surface area contributed by atoms with Gasteiger partial charge in [-0.05, 0) is 29.4 Å². The van der Waals surface area contributed by atoms with Gasteiger partial charge < -0.3 is 28.4 Å². The third-order valence-electron chi connectivity index (χ3n) is 3.78. The predicted molar refractivity (Wildman–Crippen MR) is 118 cm³/mol. The third-order valence-corrected chi connectivity index (χ3v) is 5.11. The standard InChI is InChI=1S/C20H30O10S2/c1-10(21)25-8-14-15(27-11(2)22)16(28-12(3)23)17(29-13(4)24)18(30-14)32-19(31)26-9-20(5,6)7/h14-18H,8-9H2,1-7H3/t14-,15-,16+,17-,18+/m1/s1. The normalized spacial score (nSPS) is 25.3. The highest BCUT2D eigenvalue weighted by Crippen LogP contribution is 2.35. The second-order valence-corrected chi connectivity index (χ2v) is 9.99. The predicted octanol–water partition coefficient (Wildman–Crippen LogP) is 2.15. The third kappa shape index (κ3) is 10.1. The summed E-state index contributed by atoms with van der Waals surface area (Å²) in [6.45, 7) is 10.6. The van der Waals surface area contributed by atoms with Gasteiger partial charge in [-0.3, -0.25) is 19.2 Å². The minimum Gasteiger partial charge on any atom is -0.478 e. The van der Waals surface area contributed by atoms with E-state index in [4.69, 9.17) is 40.6 Å². The summed E-state index contributed by atoms with van der Waals surface area (Å²) in [5.41, 5.74) is -1.16. The van der Waals surface area contributed by atoms with Gasteiger partial charge in [-0.25, -0.2) is 0 Å². The summed E-state index contributed by atoms with van der Waals surface area (Å²) < 4.78 is 32.7. The molecule has 1 saturated heterocycles. The van der Waals surface area contributed by atoms with Crippen molar-refractivity contribution in [1.29, 1.82) is 0 Å². The zero-order valence-electron chi connectivity index (χ0n) is 19.2. The van der Waals surface area contributed by atoms with Gasteiger partial charge in [-0.1, -0.05) is 20.8 Å². The minimum absolute atomic E-state index is 0.112. The van der Waals surface area contributed by atoms with Crippen molar-refractivity contribution in [3.8, 4) is 0 Å². The Morgan fingerprint density at radius 3 is 1.78 bits per heavy atom. The molecule has 0 spiro atoms. The Kier molecular flexibility index (Phi) is 10.9. The van der Waals surface area contributed by atoms with Crippen molar-refractivity contribution in [3.63, 3.8) is 0 Å². The molecule has 0 bridgehead atoms. The van der Waals surface area contributed by atoms with E-state index < -0.39 is 53.7 Å². The lowest BCUT2D eigenvalue weighted by Gasteiger charge is -2.44. The van der Waals surface area contributed by atoms with E-state index in [0.29, 0.717) is 6.61 Å². The Morgan fingerprint density at radius 2 is 1.31 bits per heavy atom.